The van der Waals surface area contributed by atoms with E-state index in [0.29, 0.717) is 13.1 Å². The lowest BCUT2D eigenvalue weighted by atomic mass is 10.5. The van der Waals surface area contributed by atoms with E-state index < -0.39 is 0 Å². The molecule has 0 aliphatic heterocycles. The van der Waals surface area contributed by atoms with Gasteiger partial charge in [-0.25, -0.2) is 9.97 Å². The third-order valence-corrected chi connectivity index (χ3v) is 3.09. The van der Waals surface area contributed by atoms with Crippen molar-refractivity contribution in [3.05, 3.63) is 28.9 Å². The number of hydrogen-bond acceptors (Lipinski definition) is 6. The van der Waals surface area contributed by atoms with Crippen LogP contribution in [-0.2, 0) is 0 Å². The molecule has 0 saturated carbocycles. The Balaban J connectivity index is 2.05. The van der Waals surface area contributed by atoms with Crippen molar-refractivity contribution in [2.45, 2.75) is 0 Å². The zero-order valence-corrected chi connectivity index (χ0v) is 10.6. The molecule has 0 amide bonds. The monoisotopic (exact) mass is 269 g/mol. The number of anilines is 3. The summed E-state index contributed by atoms with van der Waals surface area (Å²) in [4.78, 5) is 8.21. The van der Waals surface area contributed by atoms with Gasteiger partial charge in [-0.1, -0.05) is 11.6 Å². The Hall–Kier alpha value is -1.37. The SMILES string of the molecule is NCCNc1cc(Nc2ccc(Cl)s2)ncn1. The molecule has 90 valence electrons. The van der Waals surface area contributed by atoms with Crippen LogP contribution in [0.25, 0.3) is 0 Å². The van der Waals surface area contributed by atoms with E-state index in [1.807, 2.05) is 18.2 Å². The number of nitrogens with zero attached hydrogens (tertiary/aromatic N) is 2. The van der Waals surface area contributed by atoms with Crippen LogP contribution in [0.4, 0.5) is 16.6 Å². The normalized spacial score (nSPS) is 10.2. The molecular formula is C10H12ClN5S. The standard InChI is InChI=1S/C10H12ClN5S/c11-7-1-2-10(17-7)16-9-5-8(13-4-3-12)14-6-15-9/h1-2,5-6H,3-4,12H2,(H2,13,14,15,16). The van der Waals surface area contributed by atoms with Gasteiger partial charge in [0.1, 0.15) is 18.0 Å². The van der Waals surface area contributed by atoms with Gasteiger partial charge in [-0.15, -0.1) is 11.3 Å². The predicted molar refractivity (Wildman–Crippen MR) is 72.2 cm³/mol. The maximum absolute atomic E-state index is 5.85. The Morgan fingerprint density at radius 2 is 2.12 bits per heavy atom. The molecule has 4 N–H and O–H groups in total. The second-order valence-electron chi connectivity index (χ2n) is 3.23. The van der Waals surface area contributed by atoms with Crippen LogP contribution >= 0.6 is 22.9 Å². The molecule has 0 saturated heterocycles. The highest BCUT2D eigenvalue weighted by Gasteiger charge is 2.01. The topological polar surface area (TPSA) is 75.9 Å². The summed E-state index contributed by atoms with van der Waals surface area (Å²) in [5, 5.41) is 7.18. The van der Waals surface area contributed by atoms with Crippen molar-refractivity contribution in [2.24, 2.45) is 5.73 Å². The minimum absolute atomic E-state index is 0.563. The first-order valence-electron chi connectivity index (χ1n) is 5.06. The summed E-state index contributed by atoms with van der Waals surface area (Å²) in [6.45, 7) is 1.24. The Kier molecular flexibility index (Phi) is 4.13. The van der Waals surface area contributed by atoms with Gasteiger partial charge in [0, 0.05) is 19.2 Å². The zero-order valence-electron chi connectivity index (χ0n) is 8.98. The molecule has 2 heterocycles. The summed E-state index contributed by atoms with van der Waals surface area (Å²) in [5.74, 6) is 1.47. The summed E-state index contributed by atoms with van der Waals surface area (Å²) in [7, 11) is 0. The first-order chi connectivity index (χ1) is 8.28. The molecule has 17 heavy (non-hydrogen) atoms. The fourth-order valence-electron chi connectivity index (χ4n) is 1.23. The van der Waals surface area contributed by atoms with E-state index in [1.165, 1.54) is 17.7 Å². The number of hydrogen-bond donors (Lipinski definition) is 3. The van der Waals surface area contributed by atoms with Gasteiger partial charge < -0.3 is 16.4 Å². The zero-order chi connectivity index (χ0) is 12.1. The van der Waals surface area contributed by atoms with Gasteiger partial charge in [0.2, 0.25) is 0 Å². The number of halogens is 1. The average molecular weight is 270 g/mol. The molecule has 0 unspecified atom stereocenters. The molecule has 0 fully saturated rings. The molecule has 7 heteroatoms. The number of thiophene rings is 1. The van der Waals surface area contributed by atoms with Crippen LogP contribution in [-0.4, -0.2) is 23.1 Å². The molecule has 0 aromatic carbocycles. The van der Waals surface area contributed by atoms with Gasteiger partial charge in [-0.3, -0.25) is 0 Å². The second-order valence-corrected chi connectivity index (χ2v) is 4.95. The van der Waals surface area contributed by atoms with Gasteiger partial charge in [-0.05, 0) is 12.1 Å². The minimum atomic E-state index is 0.563. The number of rotatable bonds is 5. The van der Waals surface area contributed by atoms with Gasteiger partial charge >= 0.3 is 0 Å². The third kappa shape index (κ3) is 3.55. The fraction of sp³-hybridized carbons (Fsp3) is 0.200. The Bertz CT molecular complexity index is 487. The summed E-state index contributed by atoms with van der Waals surface area (Å²) < 4.78 is 0.739. The molecule has 0 radical (unpaired) electrons. The van der Waals surface area contributed by atoms with Gasteiger partial charge in [0.15, 0.2) is 0 Å². The van der Waals surface area contributed by atoms with Crippen molar-refractivity contribution in [3.63, 3.8) is 0 Å². The van der Waals surface area contributed by atoms with E-state index >= 15 is 0 Å². The maximum atomic E-state index is 5.85. The van der Waals surface area contributed by atoms with Crippen LogP contribution in [0.3, 0.4) is 0 Å². The number of aromatic nitrogens is 2. The van der Waals surface area contributed by atoms with Crippen LogP contribution < -0.4 is 16.4 Å². The lowest BCUT2D eigenvalue weighted by Gasteiger charge is -2.06. The first kappa shape index (κ1) is 12.1. The second kappa shape index (κ2) is 5.81. The molecule has 0 spiro atoms. The fourth-order valence-corrected chi connectivity index (χ4v) is 2.18. The van der Waals surface area contributed by atoms with Crippen molar-refractivity contribution < 1.29 is 0 Å². The highest BCUT2D eigenvalue weighted by atomic mass is 35.5. The minimum Gasteiger partial charge on any atom is -0.369 e. The van der Waals surface area contributed by atoms with E-state index in [9.17, 15) is 0 Å². The van der Waals surface area contributed by atoms with Crippen molar-refractivity contribution in [2.75, 3.05) is 23.7 Å². The quantitative estimate of drug-likeness (QED) is 0.777. The summed E-state index contributed by atoms with van der Waals surface area (Å²) in [5.41, 5.74) is 5.41. The maximum Gasteiger partial charge on any atom is 0.136 e. The van der Waals surface area contributed by atoms with E-state index in [4.69, 9.17) is 17.3 Å². The molecule has 5 nitrogen and oxygen atoms in total. The molecule has 0 atom stereocenters. The van der Waals surface area contributed by atoms with Crippen molar-refractivity contribution >= 4 is 39.6 Å². The lowest BCUT2D eigenvalue weighted by Crippen LogP contribution is -2.14. The van der Waals surface area contributed by atoms with Crippen LogP contribution in [0.1, 0.15) is 0 Å². The molecule has 0 bridgehead atoms. The average Bonchev–Trinajstić information content (AvgIpc) is 2.73. The molecule has 2 aromatic heterocycles. The predicted octanol–water partition coefficient (Wildman–Crippen LogP) is 2.31. The smallest absolute Gasteiger partial charge is 0.136 e. The summed E-state index contributed by atoms with van der Waals surface area (Å²) in [6, 6.07) is 5.56. The largest absolute Gasteiger partial charge is 0.369 e. The Morgan fingerprint density at radius 1 is 1.29 bits per heavy atom. The molecular weight excluding hydrogens is 258 g/mol. The molecule has 2 aromatic rings. The van der Waals surface area contributed by atoms with E-state index in [1.54, 1.807) is 0 Å². The van der Waals surface area contributed by atoms with Crippen LogP contribution in [0.5, 0.6) is 0 Å². The highest BCUT2D eigenvalue weighted by molar-refractivity contribution is 7.19. The van der Waals surface area contributed by atoms with Crippen molar-refractivity contribution in [1.29, 1.82) is 0 Å². The third-order valence-electron chi connectivity index (χ3n) is 1.94. The summed E-state index contributed by atoms with van der Waals surface area (Å²) >= 11 is 7.31. The molecule has 0 aliphatic rings. The van der Waals surface area contributed by atoms with Crippen LogP contribution in [0.2, 0.25) is 4.34 Å². The molecule has 2 rings (SSSR count). The summed E-state index contributed by atoms with van der Waals surface area (Å²) in [6.07, 6.45) is 1.50. The number of nitrogens with two attached hydrogens (primary N) is 1. The van der Waals surface area contributed by atoms with Gasteiger partial charge in [-0.2, -0.15) is 0 Å². The van der Waals surface area contributed by atoms with Gasteiger partial charge in [0.05, 0.1) is 9.34 Å². The lowest BCUT2D eigenvalue weighted by molar-refractivity contribution is 1.00. The van der Waals surface area contributed by atoms with E-state index in [2.05, 4.69) is 20.6 Å². The Morgan fingerprint density at radius 3 is 2.82 bits per heavy atom. The van der Waals surface area contributed by atoms with Crippen LogP contribution in [0.15, 0.2) is 24.5 Å². The van der Waals surface area contributed by atoms with Crippen molar-refractivity contribution in [1.82, 2.24) is 9.97 Å². The van der Waals surface area contributed by atoms with Gasteiger partial charge in [0.25, 0.3) is 0 Å². The van der Waals surface area contributed by atoms with E-state index in [-0.39, 0.29) is 0 Å². The Labute approximate surface area is 108 Å². The first-order valence-corrected chi connectivity index (χ1v) is 6.26. The molecule has 0 aliphatic carbocycles. The number of nitrogens with one attached hydrogen (secondary N) is 2. The van der Waals surface area contributed by atoms with Crippen LogP contribution in [0, 0.1) is 0 Å². The van der Waals surface area contributed by atoms with E-state index in [0.717, 1.165) is 21.0 Å². The highest BCUT2D eigenvalue weighted by Crippen LogP contribution is 2.28. The van der Waals surface area contributed by atoms with Crippen molar-refractivity contribution in [3.8, 4) is 0 Å².